The number of carbonyl (C=O) groups excluding carboxylic acids is 1. The van der Waals surface area contributed by atoms with Gasteiger partial charge in [-0.1, -0.05) is 38.8 Å². The van der Waals surface area contributed by atoms with Crippen molar-refractivity contribution in [2.75, 3.05) is 25.0 Å². The third kappa shape index (κ3) is 5.20. The van der Waals surface area contributed by atoms with Crippen LogP contribution >= 0.6 is 11.6 Å². The summed E-state index contributed by atoms with van der Waals surface area (Å²) in [5.74, 6) is 1.07. The van der Waals surface area contributed by atoms with Gasteiger partial charge in [0.1, 0.15) is 11.5 Å². The van der Waals surface area contributed by atoms with Gasteiger partial charge in [-0.2, -0.15) is 0 Å². The minimum absolute atomic E-state index is 0.0945. The number of carbonyl (C=O) groups is 1. The molecule has 0 bridgehead atoms. The Morgan fingerprint density at radius 2 is 2.10 bits per heavy atom. The second-order valence-electron chi connectivity index (χ2n) is 5.31. The Bertz CT molecular complexity index is 465. The van der Waals surface area contributed by atoms with Crippen LogP contribution in [0.25, 0.3) is 0 Å². The van der Waals surface area contributed by atoms with E-state index in [1.54, 1.807) is 12.1 Å². The van der Waals surface area contributed by atoms with Gasteiger partial charge in [-0.3, -0.25) is 4.79 Å². The molecule has 0 radical (unpaired) electrons. The van der Waals surface area contributed by atoms with Crippen molar-refractivity contribution in [2.45, 2.75) is 40.5 Å². The fraction of sp³-hybridized carbons (Fsp3) is 0.625. The van der Waals surface area contributed by atoms with Crippen LogP contribution in [0.5, 0.6) is 0 Å². The molecule has 1 N–H and O–H groups in total. The Hall–Kier alpha value is -1.29. The first-order chi connectivity index (χ1) is 10.0. The summed E-state index contributed by atoms with van der Waals surface area (Å²) in [7, 11) is 0. The number of nitrogens with one attached hydrogen (secondary N) is 1. The van der Waals surface area contributed by atoms with Gasteiger partial charge < -0.3 is 10.2 Å². The highest BCUT2D eigenvalue weighted by atomic mass is 35.5. The summed E-state index contributed by atoms with van der Waals surface area (Å²) < 4.78 is 0. The fourth-order valence-corrected chi connectivity index (χ4v) is 2.14. The maximum absolute atomic E-state index is 12.6. The summed E-state index contributed by atoms with van der Waals surface area (Å²) >= 11 is 6.16. The van der Waals surface area contributed by atoms with E-state index in [0.717, 1.165) is 25.9 Å². The lowest BCUT2D eigenvalue weighted by atomic mass is 10.1. The Kier molecular flexibility index (Phi) is 7.51. The third-order valence-corrected chi connectivity index (χ3v) is 3.81. The van der Waals surface area contributed by atoms with Gasteiger partial charge in [-0.15, -0.1) is 0 Å². The van der Waals surface area contributed by atoms with Crippen LogP contribution in [0.1, 0.15) is 51.0 Å². The van der Waals surface area contributed by atoms with Crippen molar-refractivity contribution >= 4 is 23.3 Å². The van der Waals surface area contributed by atoms with Gasteiger partial charge in [-0.25, -0.2) is 4.98 Å². The number of hydrogen-bond acceptors (Lipinski definition) is 3. The maximum atomic E-state index is 12.6. The van der Waals surface area contributed by atoms with Crippen LogP contribution in [0.15, 0.2) is 12.1 Å². The molecule has 0 aliphatic heterocycles. The summed E-state index contributed by atoms with van der Waals surface area (Å²) in [6.07, 6.45) is 2.05. The number of anilines is 1. The molecule has 1 heterocycles. The molecule has 1 atom stereocenters. The highest BCUT2D eigenvalue weighted by Crippen LogP contribution is 2.19. The van der Waals surface area contributed by atoms with Crippen LogP contribution in [-0.4, -0.2) is 35.4 Å². The minimum Gasteiger partial charge on any atom is -0.370 e. The molecule has 118 valence electrons. The molecule has 0 fully saturated rings. The zero-order valence-electron chi connectivity index (χ0n) is 13.4. The Morgan fingerprint density at radius 3 is 2.67 bits per heavy atom. The van der Waals surface area contributed by atoms with Gasteiger partial charge in [0, 0.05) is 19.6 Å². The first kappa shape index (κ1) is 17.8. The maximum Gasteiger partial charge on any atom is 0.274 e. The van der Waals surface area contributed by atoms with Crippen LogP contribution in [0, 0.1) is 5.92 Å². The summed E-state index contributed by atoms with van der Waals surface area (Å²) in [5.41, 5.74) is 0.336. The second kappa shape index (κ2) is 8.88. The predicted molar refractivity (Wildman–Crippen MR) is 89.1 cm³/mol. The van der Waals surface area contributed by atoms with E-state index in [1.807, 2.05) is 11.8 Å². The number of nitrogens with zero attached hydrogens (tertiary/aromatic N) is 2. The van der Waals surface area contributed by atoms with Crippen LogP contribution < -0.4 is 5.32 Å². The molecular weight excluding hydrogens is 286 g/mol. The van der Waals surface area contributed by atoms with E-state index in [-0.39, 0.29) is 5.91 Å². The van der Waals surface area contributed by atoms with Crippen LogP contribution in [-0.2, 0) is 0 Å². The zero-order chi connectivity index (χ0) is 15.8. The molecule has 1 unspecified atom stereocenters. The second-order valence-corrected chi connectivity index (χ2v) is 5.72. The molecule has 0 aliphatic rings. The van der Waals surface area contributed by atoms with Crippen molar-refractivity contribution in [3.05, 3.63) is 22.8 Å². The quantitative estimate of drug-likeness (QED) is 0.787. The van der Waals surface area contributed by atoms with Crippen LogP contribution in [0.4, 0.5) is 5.82 Å². The SMILES string of the molecule is CCCNc1ccc(Cl)c(C(=O)N(CC)CC(C)CC)n1. The molecule has 1 rings (SSSR count). The zero-order valence-corrected chi connectivity index (χ0v) is 14.2. The minimum atomic E-state index is -0.0945. The largest absolute Gasteiger partial charge is 0.370 e. The van der Waals surface area contributed by atoms with E-state index in [9.17, 15) is 4.79 Å². The van der Waals surface area contributed by atoms with E-state index in [4.69, 9.17) is 11.6 Å². The molecule has 0 saturated carbocycles. The molecular formula is C16H26ClN3O. The molecule has 1 aromatic heterocycles. The van der Waals surface area contributed by atoms with E-state index in [1.165, 1.54) is 0 Å². The number of amides is 1. The van der Waals surface area contributed by atoms with Gasteiger partial charge in [0.2, 0.25) is 0 Å². The number of rotatable bonds is 8. The van der Waals surface area contributed by atoms with Crippen molar-refractivity contribution in [3.63, 3.8) is 0 Å². The van der Waals surface area contributed by atoms with E-state index < -0.39 is 0 Å². The Balaban J connectivity index is 2.92. The summed E-state index contributed by atoms with van der Waals surface area (Å²) in [4.78, 5) is 18.8. The molecule has 0 aliphatic carbocycles. The molecule has 4 nitrogen and oxygen atoms in total. The molecule has 1 aromatic rings. The van der Waals surface area contributed by atoms with E-state index in [0.29, 0.717) is 29.0 Å². The predicted octanol–water partition coefficient (Wildman–Crippen LogP) is 4.07. The normalized spacial score (nSPS) is 12.0. The van der Waals surface area contributed by atoms with E-state index >= 15 is 0 Å². The van der Waals surface area contributed by atoms with Gasteiger partial charge >= 0.3 is 0 Å². The van der Waals surface area contributed by atoms with Crippen molar-refractivity contribution in [1.82, 2.24) is 9.88 Å². The fourth-order valence-electron chi connectivity index (χ4n) is 1.95. The van der Waals surface area contributed by atoms with Gasteiger partial charge in [-0.05, 0) is 31.4 Å². The molecule has 21 heavy (non-hydrogen) atoms. The molecule has 5 heteroatoms. The van der Waals surface area contributed by atoms with Gasteiger partial charge in [0.25, 0.3) is 5.91 Å². The molecule has 0 spiro atoms. The van der Waals surface area contributed by atoms with Crippen LogP contribution in [0.3, 0.4) is 0 Å². The Morgan fingerprint density at radius 1 is 1.38 bits per heavy atom. The lowest BCUT2D eigenvalue weighted by Gasteiger charge is -2.24. The highest BCUT2D eigenvalue weighted by Gasteiger charge is 2.20. The monoisotopic (exact) mass is 311 g/mol. The molecule has 0 saturated heterocycles. The lowest BCUT2D eigenvalue weighted by molar-refractivity contribution is 0.0735. The van der Waals surface area contributed by atoms with Crippen molar-refractivity contribution in [1.29, 1.82) is 0 Å². The number of aromatic nitrogens is 1. The summed E-state index contributed by atoms with van der Waals surface area (Å²) in [6, 6.07) is 3.54. The first-order valence-corrected chi connectivity index (χ1v) is 8.10. The van der Waals surface area contributed by atoms with Crippen molar-refractivity contribution < 1.29 is 4.79 Å². The number of pyridine rings is 1. The standard InChI is InChI=1S/C16H26ClN3O/c1-5-10-18-14-9-8-13(17)15(19-14)16(21)20(7-3)11-12(4)6-2/h8-9,12H,5-7,10-11H2,1-4H3,(H,18,19). The smallest absolute Gasteiger partial charge is 0.274 e. The highest BCUT2D eigenvalue weighted by molar-refractivity contribution is 6.33. The third-order valence-electron chi connectivity index (χ3n) is 3.50. The average molecular weight is 312 g/mol. The Labute approximate surface area is 132 Å². The molecule has 0 aromatic carbocycles. The van der Waals surface area contributed by atoms with E-state index in [2.05, 4.69) is 31.1 Å². The molecule has 1 amide bonds. The topological polar surface area (TPSA) is 45.2 Å². The lowest BCUT2D eigenvalue weighted by Crippen LogP contribution is -2.35. The summed E-state index contributed by atoms with van der Waals surface area (Å²) in [6.45, 7) is 10.6. The first-order valence-electron chi connectivity index (χ1n) is 7.73. The number of hydrogen-bond donors (Lipinski definition) is 1. The van der Waals surface area contributed by atoms with Gasteiger partial charge in [0.05, 0.1) is 5.02 Å². The average Bonchev–Trinajstić information content (AvgIpc) is 2.50. The number of halogens is 1. The summed E-state index contributed by atoms with van der Waals surface area (Å²) in [5, 5.41) is 3.59. The van der Waals surface area contributed by atoms with Crippen LogP contribution in [0.2, 0.25) is 5.02 Å². The van der Waals surface area contributed by atoms with Gasteiger partial charge in [0.15, 0.2) is 0 Å². The van der Waals surface area contributed by atoms with Crippen molar-refractivity contribution in [2.24, 2.45) is 5.92 Å². The van der Waals surface area contributed by atoms with Crippen molar-refractivity contribution in [3.8, 4) is 0 Å².